The van der Waals surface area contributed by atoms with Crippen LogP contribution in [-0.4, -0.2) is 40.6 Å². The minimum Gasteiger partial charge on any atom is -0.443 e. The third kappa shape index (κ3) is 4.24. The number of carbonyl (C=O) groups is 2. The standard InChI is InChI=1S/C18H27N3O3/c1-13(2)21(17(23)24-18(3,4)5)16-9-8-14(11-19-16)15-7-6-10-20(15)12-22/h8-9,11-13,15H,6-7,10H2,1-5H3/t15-/m0/s1. The van der Waals surface area contributed by atoms with Crippen LogP contribution in [0.4, 0.5) is 10.6 Å². The average Bonchev–Trinajstić information content (AvgIpc) is 2.94. The molecular weight excluding hydrogens is 306 g/mol. The van der Waals surface area contributed by atoms with E-state index in [0.29, 0.717) is 5.82 Å². The summed E-state index contributed by atoms with van der Waals surface area (Å²) in [5, 5.41) is 0. The third-order valence-electron chi connectivity index (χ3n) is 3.94. The van der Waals surface area contributed by atoms with E-state index in [-0.39, 0.29) is 12.1 Å². The number of ether oxygens (including phenoxy) is 1. The SMILES string of the molecule is CC(C)N(C(=O)OC(C)(C)C)c1ccc([C@@H]2CCCN2C=O)cn1. The first-order valence-electron chi connectivity index (χ1n) is 8.42. The van der Waals surface area contributed by atoms with Crippen LogP contribution in [0, 0.1) is 0 Å². The highest BCUT2D eigenvalue weighted by Crippen LogP contribution is 2.31. The van der Waals surface area contributed by atoms with Crippen molar-refractivity contribution in [3.05, 3.63) is 23.9 Å². The van der Waals surface area contributed by atoms with Gasteiger partial charge in [0.2, 0.25) is 6.41 Å². The summed E-state index contributed by atoms with van der Waals surface area (Å²) in [6.07, 6.45) is 4.18. The van der Waals surface area contributed by atoms with Gasteiger partial charge < -0.3 is 9.64 Å². The van der Waals surface area contributed by atoms with Gasteiger partial charge in [0.1, 0.15) is 11.4 Å². The zero-order valence-corrected chi connectivity index (χ0v) is 15.2. The number of likely N-dealkylation sites (tertiary alicyclic amines) is 1. The van der Waals surface area contributed by atoms with Crippen LogP contribution in [0.3, 0.4) is 0 Å². The highest BCUT2D eigenvalue weighted by atomic mass is 16.6. The van der Waals surface area contributed by atoms with Gasteiger partial charge in [0.15, 0.2) is 0 Å². The average molecular weight is 333 g/mol. The van der Waals surface area contributed by atoms with Gasteiger partial charge in [0.05, 0.1) is 6.04 Å². The molecule has 0 unspecified atom stereocenters. The number of carbonyl (C=O) groups excluding carboxylic acids is 2. The van der Waals surface area contributed by atoms with Crippen LogP contribution < -0.4 is 4.90 Å². The summed E-state index contributed by atoms with van der Waals surface area (Å²) in [4.78, 5) is 31.3. The van der Waals surface area contributed by atoms with Gasteiger partial charge in [-0.2, -0.15) is 0 Å². The van der Waals surface area contributed by atoms with Crippen molar-refractivity contribution in [2.75, 3.05) is 11.4 Å². The second-order valence-corrected chi connectivity index (χ2v) is 7.40. The predicted octanol–water partition coefficient (Wildman–Crippen LogP) is 3.52. The molecule has 1 atom stereocenters. The van der Waals surface area contributed by atoms with E-state index >= 15 is 0 Å². The first-order chi connectivity index (χ1) is 11.2. The summed E-state index contributed by atoms with van der Waals surface area (Å²) in [5.74, 6) is 0.554. The second-order valence-electron chi connectivity index (χ2n) is 7.40. The molecule has 0 bridgehead atoms. The van der Waals surface area contributed by atoms with Gasteiger partial charge in [-0.15, -0.1) is 0 Å². The zero-order chi connectivity index (χ0) is 17.9. The molecule has 6 heteroatoms. The zero-order valence-electron chi connectivity index (χ0n) is 15.2. The van der Waals surface area contributed by atoms with Crippen molar-refractivity contribution in [2.45, 2.75) is 65.1 Å². The summed E-state index contributed by atoms with van der Waals surface area (Å²) in [6, 6.07) is 3.77. The lowest BCUT2D eigenvalue weighted by molar-refractivity contribution is -0.118. The number of nitrogens with zero attached hydrogens (tertiary/aromatic N) is 3. The quantitative estimate of drug-likeness (QED) is 0.791. The highest BCUT2D eigenvalue weighted by Gasteiger charge is 2.28. The summed E-state index contributed by atoms with van der Waals surface area (Å²) in [5.41, 5.74) is 0.439. The normalized spacial score (nSPS) is 17.9. The lowest BCUT2D eigenvalue weighted by Gasteiger charge is -2.29. The molecule has 0 N–H and O–H groups in total. The first kappa shape index (κ1) is 18.2. The summed E-state index contributed by atoms with van der Waals surface area (Å²) >= 11 is 0. The Morgan fingerprint density at radius 1 is 1.42 bits per heavy atom. The lowest BCUT2D eigenvalue weighted by Crippen LogP contribution is -2.41. The van der Waals surface area contributed by atoms with E-state index in [4.69, 9.17) is 4.74 Å². The Morgan fingerprint density at radius 2 is 2.12 bits per heavy atom. The fourth-order valence-electron chi connectivity index (χ4n) is 2.89. The molecule has 2 amide bonds. The maximum atomic E-state index is 12.4. The van der Waals surface area contributed by atoms with Crippen molar-refractivity contribution in [3.8, 4) is 0 Å². The molecule has 132 valence electrons. The van der Waals surface area contributed by atoms with Crippen molar-refractivity contribution in [2.24, 2.45) is 0 Å². The molecular formula is C18H27N3O3. The van der Waals surface area contributed by atoms with E-state index in [1.165, 1.54) is 0 Å². The van der Waals surface area contributed by atoms with Crippen LogP contribution >= 0.6 is 0 Å². The Labute approximate surface area is 143 Å². The first-order valence-corrected chi connectivity index (χ1v) is 8.42. The maximum Gasteiger partial charge on any atom is 0.416 e. The molecule has 0 radical (unpaired) electrons. The van der Waals surface area contributed by atoms with Gasteiger partial charge >= 0.3 is 6.09 Å². The summed E-state index contributed by atoms with van der Waals surface area (Å²) in [7, 11) is 0. The van der Waals surface area contributed by atoms with Crippen LogP contribution in [-0.2, 0) is 9.53 Å². The minimum atomic E-state index is -0.557. The van der Waals surface area contributed by atoms with Gasteiger partial charge in [-0.3, -0.25) is 9.69 Å². The molecule has 0 spiro atoms. The van der Waals surface area contributed by atoms with Crippen molar-refractivity contribution in [1.82, 2.24) is 9.88 Å². The molecule has 1 saturated heterocycles. The van der Waals surface area contributed by atoms with Gasteiger partial charge in [0.25, 0.3) is 0 Å². The van der Waals surface area contributed by atoms with Gasteiger partial charge in [0, 0.05) is 18.8 Å². The fraction of sp³-hybridized carbons (Fsp3) is 0.611. The van der Waals surface area contributed by atoms with Crippen LogP contribution in [0.1, 0.15) is 59.1 Å². The Morgan fingerprint density at radius 3 is 2.62 bits per heavy atom. The van der Waals surface area contributed by atoms with Crippen molar-refractivity contribution in [3.63, 3.8) is 0 Å². The molecule has 0 saturated carbocycles. The van der Waals surface area contributed by atoms with Crippen LogP contribution in [0.25, 0.3) is 0 Å². The lowest BCUT2D eigenvalue weighted by atomic mass is 10.1. The Balaban J connectivity index is 2.20. The monoisotopic (exact) mass is 333 g/mol. The van der Waals surface area contributed by atoms with Gasteiger partial charge in [-0.25, -0.2) is 9.78 Å². The maximum absolute atomic E-state index is 12.4. The molecule has 1 aromatic rings. The molecule has 1 aliphatic rings. The topological polar surface area (TPSA) is 62.7 Å². The van der Waals surface area contributed by atoms with Crippen LogP contribution in [0.5, 0.6) is 0 Å². The van der Waals surface area contributed by atoms with E-state index in [0.717, 1.165) is 31.4 Å². The van der Waals surface area contributed by atoms with E-state index in [1.54, 1.807) is 16.0 Å². The van der Waals surface area contributed by atoms with Crippen molar-refractivity contribution in [1.29, 1.82) is 0 Å². The van der Waals surface area contributed by atoms with E-state index < -0.39 is 11.7 Å². The predicted molar refractivity (Wildman–Crippen MR) is 92.8 cm³/mol. The van der Waals surface area contributed by atoms with Crippen LogP contribution in [0.2, 0.25) is 0 Å². The van der Waals surface area contributed by atoms with E-state index in [1.807, 2.05) is 46.8 Å². The number of hydrogen-bond acceptors (Lipinski definition) is 4. The van der Waals surface area contributed by atoms with Crippen molar-refractivity contribution < 1.29 is 14.3 Å². The number of amides is 2. The largest absolute Gasteiger partial charge is 0.443 e. The molecule has 1 fully saturated rings. The molecule has 24 heavy (non-hydrogen) atoms. The number of anilines is 1. The smallest absolute Gasteiger partial charge is 0.416 e. The Kier molecular flexibility index (Phi) is 5.47. The number of hydrogen-bond donors (Lipinski definition) is 0. The molecule has 1 aromatic heterocycles. The molecule has 2 rings (SSSR count). The fourth-order valence-corrected chi connectivity index (χ4v) is 2.89. The Bertz CT molecular complexity index is 578. The summed E-state index contributed by atoms with van der Waals surface area (Å²) < 4.78 is 5.47. The van der Waals surface area contributed by atoms with E-state index in [2.05, 4.69) is 4.98 Å². The molecule has 6 nitrogen and oxygen atoms in total. The molecule has 2 heterocycles. The van der Waals surface area contributed by atoms with Gasteiger partial charge in [-0.1, -0.05) is 6.07 Å². The summed E-state index contributed by atoms with van der Waals surface area (Å²) in [6.45, 7) is 10.2. The number of rotatable bonds is 4. The molecule has 1 aliphatic heterocycles. The Hall–Kier alpha value is -2.11. The van der Waals surface area contributed by atoms with Crippen molar-refractivity contribution >= 4 is 18.3 Å². The van der Waals surface area contributed by atoms with Gasteiger partial charge in [-0.05, 0) is 59.1 Å². The number of aromatic nitrogens is 1. The third-order valence-corrected chi connectivity index (χ3v) is 3.94. The highest BCUT2D eigenvalue weighted by molar-refractivity contribution is 5.87. The van der Waals surface area contributed by atoms with Crippen LogP contribution in [0.15, 0.2) is 18.3 Å². The number of pyridine rings is 1. The molecule has 0 aromatic carbocycles. The minimum absolute atomic E-state index is 0.0730. The second kappa shape index (κ2) is 7.20. The van der Waals surface area contributed by atoms with E-state index in [9.17, 15) is 9.59 Å². The molecule has 0 aliphatic carbocycles.